The van der Waals surface area contributed by atoms with Crippen LogP contribution in [-0.2, 0) is 11.2 Å². The third kappa shape index (κ3) is 6.64. The molecule has 0 saturated carbocycles. The summed E-state index contributed by atoms with van der Waals surface area (Å²) in [7, 11) is 1.78. The summed E-state index contributed by atoms with van der Waals surface area (Å²) in [5.74, 6) is 0.806. The van der Waals surface area contributed by atoms with Crippen LogP contribution in [0.15, 0.2) is 35.3 Å². The molecule has 0 aliphatic carbocycles. The second-order valence-electron chi connectivity index (χ2n) is 5.86. The topological polar surface area (TPSA) is 65.9 Å². The highest BCUT2D eigenvalue weighted by Gasteiger charge is 2.34. The summed E-state index contributed by atoms with van der Waals surface area (Å²) >= 11 is 0. The maximum absolute atomic E-state index is 9.25. The molecule has 2 rings (SSSR count). The number of hydrogen-bond donors (Lipinski definition) is 3. The Balaban J connectivity index is 0.00000264. The first kappa shape index (κ1) is 20.2. The van der Waals surface area contributed by atoms with Crippen molar-refractivity contribution in [3.63, 3.8) is 0 Å². The average Bonchev–Trinajstić information content (AvgIpc) is 3.01. The first-order valence-corrected chi connectivity index (χ1v) is 7.95. The highest BCUT2D eigenvalue weighted by Crippen LogP contribution is 2.31. The second kappa shape index (κ2) is 10.8. The van der Waals surface area contributed by atoms with E-state index < -0.39 is 0 Å². The zero-order valence-electron chi connectivity index (χ0n) is 13.8. The average molecular weight is 433 g/mol. The van der Waals surface area contributed by atoms with Crippen LogP contribution in [0.3, 0.4) is 0 Å². The molecule has 3 N–H and O–H groups in total. The molecular formula is C17H28IN3O2. The second-order valence-corrected chi connectivity index (χ2v) is 5.86. The van der Waals surface area contributed by atoms with Crippen LogP contribution < -0.4 is 10.6 Å². The standard InChI is InChI=1S/C17H27N3O2.HI/c1-18-16(19-10-7-15-5-3-2-4-6-15)20-13-17(8-11-21)9-12-22-14-17;/h2-6,21H,7-14H2,1H3,(H2,18,19,20);1H. The summed E-state index contributed by atoms with van der Waals surface area (Å²) in [6, 6.07) is 10.4. The van der Waals surface area contributed by atoms with E-state index in [1.807, 2.05) is 6.07 Å². The van der Waals surface area contributed by atoms with Gasteiger partial charge in [0.2, 0.25) is 0 Å². The summed E-state index contributed by atoms with van der Waals surface area (Å²) < 4.78 is 5.51. The molecule has 1 saturated heterocycles. The van der Waals surface area contributed by atoms with Gasteiger partial charge < -0.3 is 20.5 Å². The van der Waals surface area contributed by atoms with Crippen molar-refractivity contribution in [1.29, 1.82) is 0 Å². The number of hydrogen-bond acceptors (Lipinski definition) is 3. The first-order chi connectivity index (χ1) is 10.8. The van der Waals surface area contributed by atoms with Gasteiger partial charge in [-0.05, 0) is 24.8 Å². The molecule has 130 valence electrons. The molecule has 1 aromatic rings. The fourth-order valence-electron chi connectivity index (χ4n) is 2.77. The largest absolute Gasteiger partial charge is 0.396 e. The summed E-state index contributed by atoms with van der Waals surface area (Å²) in [6.07, 6.45) is 2.72. The normalized spacial score (nSPS) is 20.9. The predicted molar refractivity (Wildman–Crippen MR) is 104 cm³/mol. The molecule has 1 aromatic carbocycles. The van der Waals surface area contributed by atoms with Crippen LogP contribution in [0.5, 0.6) is 0 Å². The molecule has 6 heteroatoms. The predicted octanol–water partition coefficient (Wildman–Crippen LogP) is 1.80. The molecule has 0 spiro atoms. The lowest BCUT2D eigenvalue weighted by Gasteiger charge is -2.27. The maximum atomic E-state index is 9.25. The van der Waals surface area contributed by atoms with Gasteiger partial charge in [0, 0.05) is 38.8 Å². The van der Waals surface area contributed by atoms with Crippen LogP contribution in [0.1, 0.15) is 18.4 Å². The van der Waals surface area contributed by atoms with Gasteiger partial charge in [-0.3, -0.25) is 4.99 Å². The number of benzene rings is 1. The third-order valence-electron chi connectivity index (χ3n) is 4.23. The van der Waals surface area contributed by atoms with E-state index in [2.05, 4.69) is 39.9 Å². The molecule has 1 heterocycles. The van der Waals surface area contributed by atoms with E-state index in [-0.39, 0.29) is 36.0 Å². The monoisotopic (exact) mass is 433 g/mol. The zero-order chi connectivity index (χ0) is 15.7. The van der Waals surface area contributed by atoms with E-state index in [0.29, 0.717) is 6.61 Å². The van der Waals surface area contributed by atoms with Crippen molar-refractivity contribution in [1.82, 2.24) is 10.6 Å². The van der Waals surface area contributed by atoms with Crippen molar-refractivity contribution in [2.24, 2.45) is 10.4 Å². The fourth-order valence-corrected chi connectivity index (χ4v) is 2.77. The third-order valence-corrected chi connectivity index (χ3v) is 4.23. The number of aliphatic hydroxyl groups is 1. The Labute approximate surface area is 155 Å². The zero-order valence-corrected chi connectivity index (χ0v) is 16.1. The van der Waals surface area contributed by atoms with Crippen molar-refractivity contribution in [2.45, 2.75) is 19.3 Å². The number of nitrogens with one attached hydrogen (secondary N) is 2. The van der Waals surface area contributed by atoms with E-state index in [4.69, 9.17) is 4.74 Å². The minimum Gasteiger partial charge on any atom is -0.396 e. The molecule has 1 atom stereocenters. The van der Waals surface area contributed by atoms with Gasteiger partial charge in [-0.1, -0.05) is 30.3 Å². The molecule has 23 heavy (non-hydrogen) atoms. The van der Waals surface area contributed by atoms with Gasteiger partial charge in [-0.2, -0.15) is 0 Å². The van der Waals surface area contributed by atoms with Gasteiger partial charge >= 0.3 is 0 Å². The molecule has 0 aromatic heterocycles. The lowest BCUT2D eigenvalue weighted by molar-refractivity contribution is 0.127. The Morgan fingerprint density at radius 1 is 1.30 bits per heavy atom. The summed E-state index contributed by atoms with van der Waals surface area (Å²) in [4.78, 5) is 4.26. The van der Waals surface area contributed by atoms with Crippen LogP contribution >= 0.6 is 24.0 Å². The van der Waals surface area contributed by atoms with Crippen molar-refractivity contribution in [2.75, 3.05) is 40.0 Å². The maximum Gasteiger partial charge on any atom is 0.191 e. The van der Waals surface area contributed by atoms with Crippen molar-refractivity contribution in [3.05, 3.63) is 35.9 Å². The van der Waals surface area contributed by atoms with Gasteiger partial charge in [0.1, 0.15) is 0 Å². The number of halogens is 1. The number of aliphatic imine (C=N–C) groups is 1. The van der Waals surface area contributed by atoms with Crippen LogP contribution in [0.25, 0.3) is 0 Å². The van der Waals surface area contributed by atoms with Crippen molar-refractivity contribution >= 4 is 29.9 Å². The quantitative estimate of drug-likeness (QED) is 0.349. The number of aliphatic hydroxyl groups excluding tert-OH is 1. The minimum absolute atomic E-state index is 0. The minimum atomic E-state index is 0. The number of guanidine groups is 1. The fraction of sp³-hybridized carbons (Fsp3) is 0.588. The van der Waals surface area contributed by atoms with Gasteiger partial charge in [-0.25, -0.2) is 0 Å². The van der Waals surface area contributed by atoms with Gasteiger partial charge in [0.15, 0.2) is 5.96 Å². The Hall–Kier alpha value is -0.860. The van der Waals surface area contributed by atoms with E-state index in [9.17, 15) is 5.11 Å². The first-order valence-electron chi connectivity index (χ1n) is 7.95. The molecule has 0 amide bonds. The van der Waals surface area contributed by atoms with Crippen LogP contribution in [0.4, 0.5) is 0 Å². The molecule has 1 fully saturated rings. The SMILES string of the molecule is CN=C(NCCc1ccccc1)NCC1(CCO)CCOC1.I. The number of nitrogens with zero attached hydrogens (tertiary/aromatic N) is 1. The molecule has 1 aliphatic heterocycles. The highest BCUT2D eigenvalue weighted by molar-refractivity contribution is 14.0. The lowest BCUT2D eigenvalue weighted by atomic mass is 9.84. The van der Waals surface area contributed by atoms with Gasteiger partial charge in [0.05, 0.1) is 6.61 Å². The summed E-state index contributed by atoms with van der Waals surface area (Å²) in [6.45, 7) is 3.31. The van der Waals surface area contributed by atoms with Crippen molar-refractivity contribution < 1.29 is 9.84 Å². The molecule has 0 radical (unpaired) electrons. The molecule has 1 aliphatic rings. The summed E-state index contributed by atoms with van der Waals surface area (Å²) in [5, 5.41) is 16.0. The van der Waals surface area contributed by atoms with Crippen LogP contribution in [0.2, 0.25) is 0 Å². The van der Waals surface area contributed by atoms with Crippen LogP contribution in [-0.4, -0.2) is 51.0 Å². The molecule has 0 bridgehead atoms. The molecular weight excluding hydrogens is 405 g/mol. The van der Waals surface area contributed by atoms with E-state index in [1.54, 1.807) is 7.05 Å². The smallest absolute Gasteiger partial charge is 0.191 e. The summed E-state index contributed by atoms with van der Waals surface area (Å²) in [5.41, 5.74) is 1.35. The Kier molecular flexibility index (Phi) is 9.50. The Morgan fingerprint density at radius 3 is 2.70 bits per heavy atom. The Bertz CT molecular complexity index is 462. The van der Waals surface area contributed by atoms with Gasteiger partial charge in [-0.15, -0.1) is 24.0 Å². The van der Waals surface area contributed by atoms with E-state index in [0.717, 1.165) is 44.9 Å². The molecule has 1 unspecified atom stereocenters. The van der Waals surface area contributed by atoms with E-state index in [1.165, 1.54) is 5.56 Å². The van der Waals surface area contributed by atoms with Crippen LogP contribution in [0, 0.1) is 5.41 Å². The number of ether oxygens (including phenoxy) is 1. The van der Waals surface area contributed by atoms with E-state index >= 15 is 0 Å². The van der Waals surface area contributed by atoms with Gasteiger partial charge in [0.25, 0.3) is 0 Å². The Morgan fingerprint density at radius 2 is 2.09 bits per heavy atom. The highest BCUT2D eigenvalue weighted by atomic mass is 127. The van der Waals surface area contributed by atoms with Crippen molar-refractivity contribution in [3.8, 4) is 0 Å². The molecule has 5 nitrogen and oxygen atoms in total. The number of rotatable bonds is 7. The lowest BCUT2D eigenvalue weighted by Crippen LogP contribution is -2.45.